The second kappa shape index (κ2) is 4.66. The number of rotatable bonds is 3. The number of carboxylic acids is 1. The van der Waals surface area contributed by atoms with Crippen molar-refractivity contribution < 1.29 is 14.6 Å². The van der Waals surface area contributed by atoms with Crippen molar-refractivity contribution in [3.8, 4) is 11.6 Å². The molecule has 3 heterocycles. The highest BCUT2D eigenvalue weighted by atomic mass is 32.1. The molecule has 0 amide bonds. The lowest BCUT2D eigenvalue weighted by Crippen LogP contribution is -1.98. The van der Waals surface area contributed by atoms with Crippen LogP contribution in [0.4, 0.5) is 0 Å². The Morgan fingerprint density at radius 3 is 3.05 bits per heavy atom. The Morgan fingerprint density at radius 2 is 2.21 bits per heavy atom. The maximum absolute atomic E-state index is 10.9. The Kier molecular flexibility index (Phi) is 2.85. The molecule has 0 aromatic carbocycles. The van der Waals surface area contributed by atoms with Crippen molar-refractivity contribution in [1.82, 2.24) is 9.97 Å². The number of ether oxygens (including phenoxy) is 1. The Morgan fingerprint density at radius 1 is 1.32 bits per heavy atom. The quantitative estimate of drug-likeness (QED) is 0.792. The van der Waals surface area contributed by atoms with Crippen molar-refractivity contribution in [2.75, 3.05) is 0 Å². The zero-order valence-electron chi connectivity index (χ0n) is 9.61. The van der Waals surface area contributed by atoms with Gasteiger partial charge in [0.2, 0.25) is 5.88 Å². The van der Waals surface area contributed by atoms with Crippen molar-refractivity contribution in [3.63, 3.8) is 0 Å². The predicted molar refractivity (Wildman–Crippen MR) is 70.9 cm³/mol. The van der Waals surface area contributed by atoms with Crippen molar-refractivity contribution in [3.05, 3.63) is 47.7 Å². The van der Waals surface area contributed by atoms with Gasteiger partial charge in [-0.2, -0.15) is 0 Å². The number of carboxylic acid groups (broad SMARTS) is 1. The third-order valence-electron chi connectivity index (χ3n) is 2.52. The minimum Gasteiger partial charge on any atom is -0.478 e. The zero-order valence-corrected chi connectivity index (χ0v) is 10.4. The van der Waals surface area contributed by atoms with Gasteiger partial charge in [0.1, 0.15) is 5.75 Å². The molecule has 0 aliphatic rings. The molecule has 19 heavy (non-hydrogen) atoms. The van der Waals surface area contributed by atoms with Crippen LogP contribution < -0.4 is 4.74 Å². The molecular weight excluding hydrogens is 264 g/mol. The molecule has 0 radical (unpaired) electrons. The summed E-state index contributed by atoms with van der Waals surface area (Å²) in [4.78, 5) is 18.9. The number of nitrogens with zero attached hydrogens (tertiary/aromatic N) is 2. The van der Waals surface area contributed by atoms with Gasteiger partial charge in [-0.15, -0.1) is 11.3 Å². The number of carbonyl (C=O) groups is 1. The molecule has 0 aliphatic carbocycles. The van der Waals surface area contributed by atoms with E-state index in [2.05, 4.69) is 9.97 Å². The molecule has 3 aromatic heterocycles. The van der Waals surface area contributed by atoms with Crippen LogP contribution in [-0.2, 0) is 0 Å². The molecule has 0 fully saturated rings. The lowest BCUT2D eigenvalue weighted by molar-refractivity contribution is 0.0696. The van der Waals surface area contributed by atoms with Gasteiger partial charge in [0, 0.05) is 17.1 Å². The average molecular weight is 272 g/mol. The molecule has 0 atom stereocenters. The first kappa shape index (κ1) is 11.6. The third kappa shape index (κ3) is 2.25. The molecule has 0 saturated heterocycles. The van der Waals surface area contributed by atoms with Gasteiger partial charge in [-0.1, -0.05) is 0 Å². The highest BCUT2D eigenvalue weighted by Gasteiger charge is 2.09. The van der Waals surface area contributed by atoms with Gasteiger partial charge < -0.3 is 9.84 Å². The number of pyridine rings is 2. The number of fused-ring (bicyclic) bond motifs is 1. The summed E-state index contributed by atoms with van der Waals surface area (Å²) in [6, 6.07) is 5.23. The van der Waals surface area contributed by atoms with E-state index in [9.17, 15) is 4.79 Å². The third-order valence-corrected chi connectivity index (χ3v) is 3.40. The van der Waals surface area contributed by atoms with Gasteiger partial charge in [0.15, 0.2) is 0 Å². The molecule has 0 saturated carbocycles. The van der Waals surface area contributed by atoms with Crippen molar-refractivity contribution in [2.24, 2.45) is 0 Å². The fourth-order valence-corrected chi connectivity index (χ4v) is 2.43. The number of thiophene rings is 1. The van der Waals surface area contributed by atoms with Crippen molar-refractivity contribution in [1.29, 1.82) is 0 Å². The topological polar surface area (TPSA) is 72.3 Å². The molecule has 94 valence electrons. The Bertz CT molecular complexity index is 754. The van der Waals surface area contributed by atoms with Crippen LogP contribution in [0.15, 0.2) is 42.2 Å². The second-order valence-electron chi connectivity index (χ2n) is 3.77. The summed E-state index contributed by atoms with van der Waals surface area (Å²) in [5, 5.41) is 11.8. The van der Waals surface area contributed by atoms with E-state index in [4.69, 9.17) is 9.84 Å². The molecule has 3 aromatic rings. The largest absolute Gasteiger partial charge is 0.478 e. The van der Waals surface area contributed by atoms with E-state index in [0.717, 1.165) is 10.1 Å². The monoisotopic (exact) mass is 272 g/mol. The number of hydrogen-bond acceptors (Lipinski definition) is 5. The maximum atomic E-state index is 10.9. The highest BCUT2D eigenvalue weighted by Crippen LogP contribution is 2.30. The first-order valence-electron chi connectivity index (χ1n) is 5.42. The average Bonchev–Trinajstić information content (AvgIpc) is 2.88. The Hall–Kier alpha value is -2.47. The predicted octanol–water partition coefficient (Wildman–Crippen LogP) is 3.18. The molecule has 1 N–H and O–H groups in total. The number of hydrogen-bond donors (Lipinski definition) is 1. The maximum Gasteiger partial charge on any atom is 0.337 e. The fraction of sp³-hybridized carbons (Fsp3) is 0. The van der Waals surface area contributed by atoms with E-state index in [0.29, 0.717) is 11.6 Å². The normalized spacial score (nSPS) is 10.5. The molecular formula is C13H8N2O3S. The van der Waals surface area contributed by atoms with Gasteiger partial charge in [-0.3, -0.25) is 4.98 Å². The van der Waals surface area contributed by atoms with E-state index >= 15 is 0 Å². The minimum absolute atomic E-state index is 0.0787. The van der Waals surface area contributed by atoms with Crippen LogP contribution in [0.3, 0.4) is 0 Å². The lowest BCUT2D eigenvalue weighted by Gasteiger charge is -2.05. The van der Waals surface area contributed by atoms with Gasteiger partial charge in [0.25, 0.3) is 0 Å². The molecule has 0 spiro atoms. The Balaban J connectivity index is 1.99. The SMILES string of the molecule is O=C(O)c1cncc(Oc2nccc3sccc23)c1. The van der Waals surface area contributed by atoms with E-state index in [1.54, 1.807) is 17.5 Å². The molecule has 6 heteroatoms. The van der Waals surface area contributed by atoms with Crippen LogP contribution >= 0.6 is 11.3 Å². The summed E-state index contributed by atoms with van der Waals surface area (Å²) < 4.78 is 6.67. The van der Waals surface area contributed by atoms with Crippen LogP contribution in [0.25, 0.3) is 10.1 Å². The van der Waals surface area contributed by atoms with Gasteiger partial charge in [-0.05, 0) is 23.6 Å². The van der Waals surface area contributed by atoms with E-state index < -0.39 is 5.97 Å². The number of aromatic carboxylic acids is 1. The van der Waals surface area contributed by atoms with E-state index in [1.807, 2.05) is 17.5 Å². The fourth-order valence-electron chi connectivity index (χ4n) is 1.65. The summed E-state index contributed by atoms with van der Waals surface area (Å²) >= 11 is 1.59. The second-order valence-corrected chi connectivity index (χ2v) is 4.71. The van der Waals surface area contributed by atoms with Gasteiger partial charge in [-0.25, -0.2) is 9.78 Å². The summed E-state index contributed by atoms with van der Waals surface area (Å²) in [6.07, 6.45) is 4.38. The van der Waals surface area contributed by atoms with Crippen molar-refractivity contribution in [2.45, 2.75) is 0 Å². The molecule has 0 bridgehead atoms. The standard InChI is InChI=1S/C13H8N2O3S/c16-13(17)8-5-9(7-14-6-8)18-12-10-2-4-19-11(10)1-3-15-12/h1-7H,(H,16,17). The summed E-state index contributed by atoms with van der Waals surface area (Å²) in [5.74, 6) is -0.242. The van der Waals surface area contributed by atoms with E-state index in [1.165, 1.54) is 18.5 Å². The van der Waals surface area contributed by atoms with Crippen LogP contribution in [0.2, 0.25) is 0 Å². The molecule has 5 nitrogen and oxygen atoms in total. The van der Waals surface area contributed by atoms with Crippen LogP contribution in [0.1, 0.15) is 10.4 Å². The van der Waals surface area contributed by atoms with Crippen molar-refractivity contribution >= 4 is 27.4 Å². The van der Waals surface area contributed by atoms with E-state index in [-0.39, 0.29) is 5.56 Å². The minimum atomic E-state index is -1.04. The summed E-state index contributed by atoms with van der Waals surface area (Å²) in [5.41, 5.74) is 0.0787. The number of aromatic nitrogens is 2. The summed E-state index contributed by atoms with van der Waals surface area (Å²) in [7, 11) is 0. The molecule has 3 rings (SSSR count). The first-order chi connectivity index (χ1) is 9.24. The Labute approximate surface area is 112 Å². The van der Waals surface area contributed by atoms with Gasteiger partial charge >= 0.3 is 5.97 Å². The summed E-state index contributed by atoms with van der Waals surface area (Å²) in [6.45, 7) is 0. The molecule has 0 unspecified atom stereocenters. The molecule has 0 aliphatic heterocycles. The van der Waals surface area contributed by atoms with Crippen LogP contribution in [0, 0.1) is 0 Å². The smallest absolute Gasteiger partial charge is 0.337 e. The lowest BCUT2D eigenvalue weighted by atomic mass is 10.3. The zero-order chi connectivity index (χ0) is 13.2. The first-order valence-corrected chi connectivity index (χ1v) is 6.30. The van der Waals surface area contributed by atoms with Crippen LogP contribution in [-0.4, -0.2) is 21.0 Å². The highest BCUT2D eigenvalue weighted by molar-refractivity contribution is 7.17. The van der Waals surface area contributed by atoms with Crippen LogP contribution in [0.5, 0.6) is 11.6 Å². The van der Waals surface area contributed by atoms with Gasteiger partial charge in [0.05, 0.1) is 17.1 Å².